The summed E-state index contributed by atoms with van der Waals surface area (Å²) in [6, 6.07) is 10.1. The van der Waals surface area contributed by atoms with Crippen molar-refractivity contribution in [1.82, 2.24) is 5.32 Å². The SMILES string of the molecule is CCNC(CC)(CO)c1ccccc1. The predicted octanol–water partition coefficient (Wildman–Crippen LogP) is 1.89. The Bertz CT molecular complexity index is 254. The molecule has 0 amide bonds. The van der Waals surface area contributed by atoms with E-state index in [0.29, 0.717) is 0 Å². The second-order valence-electron chi connectivity index (χ2n) is 3.49. The van der Waals surface area contributed by atoms with Gasteiger partial charge < -0.3 is 10.4 Å². The van der Waals surface area contributed by atoms with Gasteiger partial charge in [-0.2, -0.15) is 0 Å². The van der Waals surface area contributed by atoms with E-state index < -0.39 is 0 Å². The number of nitrogens with one attached hydrogen (secondary N) is 1. The van der Waals surface area contributed by atoms with Gasteiger partial charge in [0.05, 0.1) is 12.1 Å². The third-order valence-electron chi connectivity index (χ3n) is 2.72. The van der Waals surface area contributed by atoms with Crippen molar-refractivity contribution < 1.29 is 5.11 Å². The van der Waals surface area contributed by atoms with Gasteiger partial charge in [-0.15, -0.1) is 0 Å². The number of rotatable bonds is 5. The summed E-state index contributed by atoms with van der Waals surface area (Å²) < 4.78 is 0. The van der Waals surface area contributed by atoms with Crippen molar-refractivity contribution in [2.45, 2.75) is 25.8 Å². The molecule has 0 aliphatic heterocycles. The van der Waals surface area contributed by atoms with Crippen LogP contribution in [-0.2, 0) is 5.54 Å². The first-order valence-corrected chi connectivity index (χ1v) is 5.20. The highest BCUT2D eigenvalue weighted by Crippen LogP contribution is 2.23. The molecule has 78 valence electrons. The molecule has 0 bridgehead atoms. The summed E-state index contributed by atoms with van der Waals surface area (Å²) in [5.74, 6) is 0. The van der Waals surface area contributed by atoms with Gasteiger partial charge in [0.2, 0.25) is 0 Å². The molecule has 0 aliphatic rings. The summed E-state index contributed by atoms with van der Waals surface area (Å²) in [5, 5.41) is 12.9. The van der Waals surface area contributed by atoms with Crippen LogP contribution in [0.1, 0.15) is 25.8 Å². The minimum atomic E-state index is -0.268. The van der Waals surface area contributed by atoms with E-state index in [9.17, 15) is 5.11 Å². The van der Waals surface area contributed by atoms with E-state index in [1.165, 1.54) is 0 Å². The van der Waals surface area contributed by atoms with Crippen molar-refractivity contribution in [2.24, 2.45) is 0 Å². The molecular weight excluding hydrogens is 174 g/mol. The Hall–Kier alpha value is -0.860. The van der Waals surface area contributed by atoms with Crippen LogP contribution in [-0.4, -0.2) is 18.3 Å². The van der Waals surface area contributed by atoms with Crippen molar-refractivity contribution in [3.63, 3.8) is 0 Å². The standard InChI is InChI=1S/C12H19NO/c1-3-12(10-14,13-4-2)11-8-6-5-7-9-11/h5-9,13-14H,3-4,10H2,1-2H3. The Morgan fingerprint density at radius 3 is 2.29 bits per heavy atom. The van der Waals surface area contributed by atoms with Gasteiger partial charge in [-0.3, -0.25) is 0 Å². The zero-order chi connectivity index (χ0) is 10.4. The zero-order valence-electron chi connectivity index (χ0n) is 8.96. The fourth-order valence-electron chi connectivity index (χ4n) is 1.79. The first-order chi connectivity index (χ1) is 6.79. The van der Waals surface area contributed by atoms with E-state index in [2.05, 4.69) is 31.3 Å². The van der Waals surface area contributed by atoms with Gasteiger partial charge in [-0.1, -0.05) is 44.2 Å². The van der Waals surface area contributed by atoms with Crippen molar-refractivity contribution in [2.75, 3.05) is 13.2 Å². The third kappa shape index (κ3) is 2.14. The van der Waals surface area contributed by atoms with Crippen LogP contribution in [0.5, 0.6) is 0 Å². The van der Waals surface area contributed by atoms with Crippen molar-refractivity contribution in [3.05, 3.63) is 35.9 Å². The fourth-order valence-corrected chi connectivity index (χ4v) is 1.79. The van der Waals surface area contributed by atoms with Gasteiger partial charge in [-0.25, -0.2) is 0 Å². The summed E-state index contributed by atoms with van der Waals surface area (Å²) in [6.45, 7) is 5.15. The van der Waals surface area contributed by atoms with Gasteiger partial charge in [0.15, 0.2) is 0 Å². The molecule has 0 spiro atoms. The van der Waals surface area contributed by atoms with Gasteiger partial charge in [0.25, 0.3) is 0 Å². The normalized spacial score (nSPS) is 15.1. The second kappa shape index (κ2) is 5.13. The van der Waals surface area contributed by atoms with Crippen LogP contribution in [0.3, 0.4) is 0 Å². The number of hydrogen-bond acceptors (Lipinski definition) is 2. The maximum Gasteiger partial charge on any atom is 0.0666 e. The Balaban J connectivity index is 2.98. The van der Waals surface area contributed by atoms with E-state index in [0.717, 1.165) is 18.5 Å². The lowest BCUT2D eigenvalue weighted by Gasteiger charge is -2.32. The molecule has 0 aromatic heterocycles. The monoisotopic (exact) mass is 193 g/mol. The van der Waals surface area contributed by atoms with Gasteiger partial charge >= 0.3 is 0 Å². The Kier molecular flexibility index (Phi) is 4.11. The summed E-state index contributed by atoms with van der Waals surface area (Å²) in [5.41, 5.74) is 0.891. The summed E-state index contributed by atoms with van der Waals surface area (Å²) in [6.07, 6.45) is 0.890. The Labute approximate surface area is 86.0 Å². The van der Waals surface area contributed by atoms with Crippen molar-refractivity contribution in [1.29, 1.82) is 0 Å². The Morgan fingerprint density at radius 2 is 1.86 bits per heavy atom. The number of benzene rings is 1. The Morgan fingerprint density at radius 1 is 1.21 bits per heavy atom. The topological polar surface area (TPSA) is 32.3 Å². The average Bonchev–Trinajstić information content (AvgIpc) is 2.27. The second-order valence-corrected chi connectivity index (χ2v) is 3.49. The molecule has 1 aromatic carbocycles. The van der Waals surface area contributed by atoms with Crippen LogP contribution in [0.15, 0.2) is 30.3 Å². The van der Waals surface area contributed by atoms with Gasteiger partial charge in [0, 0.05) is 0 Å². The molecule has 1 atom stereocenters. The highest BCUT2D eigenvalue weighted by atomic mass is 16.3. The van der Waals surface area contributed by atoms with E-state index in [4.69, 9.17) is 0 Å². The molecule has 1 unspecified atom stereocenters. The zero-order valence-corrected chi connectivity index (χ0v) is 8.96. The molecule has 1 rings (SSSR count). The molecular formula is C12H19NO. The third-order valence-corrected chi connectivity index (χ3v) is 2.72. The molecule has 2 nitrogen and oxygen atoms in total. The first kappa shape index (κ1) is 11.2. The molecule has 1 aromatic rings. The molecule has 0 heterocycles. The lowest BCUT2D eigenvalue weighted by atomic mass is 9.88. The van der Waals surface area contributed by atoms with Crippen LogP contribution in [0.25, 0.3) is 0 Å². The van der Waals surface area contributed by atoms with E-state index in [1.54, 1.807) is 0 Å². The van der Waals surface area contributed by atoms with E-state index >= 15 is 0 Å². The van der Waals surface area contributed by atoms with E-state index in [1.807, 2.05) is 18.2 Å². The lowest BCUT2D eigenvalue weighted by Crippen LogP contribution is -2.45. The minimum Gasteiger partial charge on any atom is -0.394 e. The smallest absolute Gasteiger partial charge is 0.0666 e. The maximum absolute atomic E-state index is 9.50. The molecule has 2 N–H and O–H groups in total. The number of aliphatic hydroxyl groups is 1. The first-order valence-electron chi connectivity index (χ1n) is 5.20. The molecule has 14 heavy (non-hydrogen) atoms. The van der Waals surface area contributed by atoms with Crippen molar-refractivity contribution >= 4 is 0 Å². The molecule has 0 saturated carbocycles. The van der Waals surface area contributed by atoms with Crippen molar-refractivity contribution in [3.8, 4) is 0 Å². The van der Waals surface area contributed by atoms with Gasteiger partial charge in [-0.05, 0) is 18.5 Å². The van der Waals surface area contributed by atoms with E-state index in [-0.39, 0.29) is 12.1 Å². The minimum absolute atomic E-state index is 0.140. The van der Waals surface area contributed by atoms with Crippen LogP contribution in [0.2, 0.25) is 0 Å². The highest BCUT2D eigenvalue weighted by Gasteiger charge is 2.27. The quantitative estimate of drug-likeness (QED) is 0.748. The molecule has 2 heteroatoms. The van der Waals surface area contributed by atoms with Crippen LogP contribution >= 0.6 is 0 Å². The summed E-state index contributed by atoms with van der Waals surface area (Å²) in [4.78, 5) is 0. The fraction of sp³-hybridized carbons (Fsp3) is 0.500. The van der Waals surface area contributed by atoms with Crippen LogP contribution < -0.4 is 5.32 Å². The van der Waals surface area contributed by atoms with Crippen LogP contribution in [0, 0.1) is 0 Å². The predicted molar refractivity (Wildman–Crippen MR) is 59.2 cm³/mol. The summed E-state index contributed by atoms with van der Waals surface area (Å²) in [7, 11) is 0. The number of hydrogen-bond donors (Lipinski definition) is 2. The largest absolute Gasteiger partial charge is 0.394 e. The number of aliphatic hydroxyl groups excluding tert-OH is 1. The maximum atomic E-state index is 9.50. The average molecular weight is 193 g/mol. The molecule has 0 fully saturated rings. The lowest BCUT2D eigenvalue weighted by molar-refractivity contribution is 0.157. The highest BCUT2D eigenvalue weighted by molar-refractivity contribution is 5.24. The molecule has 0 saturated heterocycles. The number of likely N-dealkylation sites (N-methyl/N-ethyl adjacent to an activating group) is 1. The molecule has 0 radical (unpaired) electrons. The molecule has 0 aliphatic carbocycles. The van der Waals surface area contributed by atoms with Gasteiger partial charge in [0.1, 0.15) is 0 Å². The van der Waals surface area contributed by atoms with Crippen LogP contribution in [0.4, 0.5) is 0 Å². The summed E-state index contributed by atoms with van der Waals surface area (Å²) >= 11 is 0.